The van der Waals surface area contributed by atoms with Crippen molar-refractivity contribution in [2.45, 2.75) is 18.6 Å². The Balaban J connectivity index is 2.08. The molecular formula is C8H13FN4. The number of nitrogens with zero attached hydrogens (tertiary/aromatic N) is 4. The van der Waals surface area contributed by atoms with E-state index in [1.807, 2.05) is 11.9 Å². The lowest BCUT2D eigenvalue weighted by molar-refractivity contribution is 0.107. The third-order valence-corrected chi connectivity index (χ3v) is 2.53. The molecule has 0 radical (unpaired) electrons. The van der Waals surface area contributed by atoms with E-state index >= 15 is 0 Å². The molecule has 5 heteroatoms. The summed E-state index contributed by atoms with van der Waals surface area (Å²) < 4.78 is 15.3. The van der Waals surface area contributed by atoms with Gasteiger partial charge in [-0.3, -0.25) is 0 Å². The molecule has 1 aromatic heterocycles. The summed E-state index contributed by atoms with van der Waals surface area (Å²) in [6.07, 6.45) is 3.19. The molecule has 0 amide bonds. The molecule has 1 saturated heterocycles. The van der Waals surface area contributed by atoms with Crippen LogP contribution in [0.1, 0.15) is 12.5 Å². The number of hydrogen-bond acceptors (Lipinski definition) is 3. The molecule has 2 atom stereocenters. The second-order valence-corrected chi connectivity index (χ2v) is 3.54. The summed E-state index contributed by atoms with van der Waals surface area (Å²) in [5.74, 6) is 0. The van der Waals surface area contributed by atoms with Crippen molar-refractivity contribution in [3.8, 4) is 0 Å². The Hall–Kier alpha value is -0.970. The van der Waals surface area contributed by atoms with Crippen LogP contribution in [0.3, 0.4) is 0 Å². The van der Waals surface area contributed by atoms with E-state index in [1.54, 1.807) is 17.2 Å². The third-order valence-electron chi connectivity index (χ3n) is 2.53. The fourth-order valence-electron chi connectivity index (χ4n) is 1.76. The molecule has 0 aromatic carbocycles. The van der Waals surface area contributed by atoms with Crippen LogP contribution in [0.4, 0.5) is 4.39 Å². The second-order valence-electron chi connectivity index (χ2n) is 3.54. The van der Waals surface area contributed by atoms with Crippen LogP contribution in [-0.4, -0.2) is 46.0 Å². The molecule has 0 aliphatic carbocycles. The number of halogens is 1. The number of rotatable bonds is 1. The van der Waals surface area contributed by atoms with Gasteiger partial charge in [-0.1, -0.05) is 0 Å². The van der Waals surface area contributed by atoms with Crippen LogP contribution in [0.5, 0.6) is 0 Å². The molecule has 2 unspecified atom stereocenters. The van der Waals surface area contributed by atoms with Crippen molar-refractivity contribution in [2.75, 3.05) is 20.1 Å². The Morgan fingerprint density at radius 2 is 2.08 bits per heavy atom. The van der Waals surface area contributed by atoms with Crippen LogP contribution in [0.2, 0.25) is 0 Å². The van der Waals surface area contributed by atoms with E-state index in [1.165, 1.54) is 0 Å². The van der Waals surface area contributed by atoms with Crippen LogP contribution < -0.4 is 0 Å². The van der Waals surface area contributed by atoms with Crippen molar-refractivity contribution >= 4 is 0 Å². The van der Waals surface area contributed by atoms with Gasteiger partial charge in [-0.25, -0.2) is 4.39 Å². The summed E-state index contributed by atoms with van der Waals surface area (Å²) >= 11 is 0. The van der Waals surface area contributed by atoms with Gasteiger partial charge in [0.2, 0.25) is 0 Å². The summed E-state index contributed by atoms with van der Waals surface area (Å²) in [5, 5.41) is 7.37. The molecule has 2 heterocycles. The molecule has 0 spiro atoms. The Bertz CT molecular complexity index is 261. The van der Waals surface area contributed by atoms with E-state index in [-0.39, 0.29) is 6.04 Å². The molecule has 1 aromatic rings. The minimum Gasteiger partial charge on any atom is -0.314 e. The molecular weight excluding hydrogens is 171 g/mol. The topological polar surface area (TPSA) is 34.0 Å². The van der Waals surface area contributed by atoms with Gasteiger partial charge in [0, 0.05) is 13.1 Å². The molecule has 0 bridgehead atoms. The fourth-order valence-corrected chi connectivity index (χ4v) is 1.76. The van der Waals surface area contributed by atoms with E-state index in [0.29, 0.717) is 6.54 Å². The minimum atomic E-state index is -0.810. The van der Waals surface area contributed by atoms with Gasteiger partial charge in [-0.2, -0.15) is 0 Å². The van der Waals surface area contributed by atoms with Crippen LogP contribution in [-0.2, 0) is 0 Å². The minimum absolute atomic E-state index is 0.0776. The highest BCUT2D eigenvalue weighted by molar-refractivity contribution is 4.85. The lowest BCUT2D eigenvalue weighted by atomic mass is 10.0. The highest BCUT2D eigenvalue weighted by Crippen LogP contribution is 2.23. The fraction of sp³-hybridized carbons (Fsp3) is 0.750. The van der Waals surface area contributed by atoms with E-state index in [2.05, 4.69) is 10.2 Å². The normalized spacial score (nSPS) is 30.6. The number of hydrogen-bond donors (Lipinski definition) is 0. The summed E-state index contributed by atoms with van der Waals surface area (Å²) in [6, 6.07) is -0.0776. The summed E-state index contributed by atoms with van der Waals surface area (Å²) in [7, 11) is 1.94. The third kappa shape index (κ3) is 1.70. The van der Waals surface area contributed by atoms with Gasteiger partial charge in [0.25, 0.3) is 0 Å². The molecule has 0 saturated carbocycles. The smallest absolute Gasteiger partial charge is 0.133 e. The molecule has 4 nitrogen and oxygen atoms in total. The Morgan fingerprint density at radius 1 is 1.38 bits per heavy atom. The highest BCUT2D eigenvalue weighted by Gasteiger charge is 2.28. The standard InChI is InChI=1S/C8H13FN4/c1-12-3-2-8(7(9)4-12)13-5-10-11-6-13/h5-8H,2-4H2,1H3. The monoisotopic (exact) mass is 184 g/mol. The first kappa shape index (κ1) is 8.62. The van der Waals surface area contributed by atoms with Crippen molar-refractivity contribution in [3.05, 3.63) is 12.7 Å². The largest absolute Gasteiger partial charge is 0.314 e. The van der Waals surface area contributed by atoms with Crippen molar-refractivity contribution < 1.29 is 4.39 Å². The van der Waals surface area contributed by atoms with Crippen molar-refractivity contribution in [2.24, 2.45) is 0 Å². The molecule has 1 aliphatic heterocycles. The van der Waals surface area contributed by atoms with Crippen LogP contribution in [0.25, 0.3) is 0 Å². The quantitative estimate of drug-likeness (QED) is 0.637. The van der Waals surface area contributed by atoms with Crippen LogP contribution in [0, 0.1) is 0 Å². The van der Waals surface area contributed by atoms with Gasteiger partial charge in [0.1, 0.15) is 18.8 Å². The highest BCUT2D eigenvalue weighted by atomic mass is 19.1. The van der Waals surface area contributed by atoms with Gasteiger partial charge >= 0.3 is 0 Å². The Morgan fingerprint density at radius 3 is 2.69 bits per heavy atom. The molecule has 13 heavy (non-hydrogen) atoms. The number of aromatic nitrogens is 3. The zero-order valence-electron chi connectivity index (χ0n) is 7.60. The van der Waals surface area contributed by atoms with Crippen molar-refractivity contribution in [1.29, 1.82) is 0 Å². The molecule has 1 aliphatic rings. The van der Waals surface area contributed by atoms with Gasteiger partial charge in [0.05, 0.1) is 6.04 Å². The summed E-state index contributed by atoms with van der Waals surface area (Å²) in [6.45, 7) is 1.44. The average molecular weight is 184 g/mol. The lowest BCUT2D eigenvalue weighted by Gasteiger charge is -2.32. The maximum atomic E-state index is 13.5. The molecule has 1 fully saturated rings. The van der Waals surface area contributed by atoms with E-state index in [0.717, 1.165) is 13.0 Å². The first-order chi connectivity index (χ1) is 6.27. The van der Waals surface area contributed by atoms with Crippen molar-refractivity contribution in [3.63, 3.8) is 0 Å². The molecule has 72 valence electrons. The maximum Gasteiger partial charge on any atom is 0.133 e. The van der Waals surface area contributed by atoms with Crippen LogP contribution in [0.15, 0.2) is 12.7 Å². The van der Waals surface area contributed by atoms with E-state index in [9.17, 15) is 4.39 Å². The van der Waals surface area contributed by atoms with Gasteiger partial charge in [-0.15, -0.1) is 10.2 Å². The Labute approximate surface area is 76.4 Å². The van der Waals surface area contributed by atoms with Crippen molar-refractivity contribution in [1.82, 2.24) is 19.7 Å². The lowest BCUT2D eigenvalue weighted by Crippen LogP contribution is -2.40. The number of likely N-dealkylation sites (tertiary alicyclic amines) is 1. The predicted molar refractivity (Wildman–Crippen MR) is 46.1 cm³/mol. The molecule has 2 rings (SSSR count). The zero-order valence-corrected chi connectivity index (χ0v) is 7.60. The summed E-state index contributed by atoms with van der Waals surface area (Å²) in [5.41, 5.74) is 0. The predicted octanol–water partition coefficient (Wildman–Crippen LogP) is 0.493. The maximum absolute atomic E-state index is 13.5. The SMILES string of the molecule is CN1CCC(n2cnnc2)C(F)C1. The zero-order chi connectivity index (χ0) is 9.26. The molecule has 0 N–H and O–H groups in total. The van der Waals surface area contributed by atoms with Gasteiger partial charge in [0.15, 0.2) is 0 Å². The van der Waals surface area contributed by atoms with E-state index < -0.39 is 6.17 Å². The first-order valence-electron chi connectivity index (χ1n) is 4.44. The van der Waals surface area contributed by atoms with Crippen LogP contribution >= 0.6 is 0 Å². The second kappa shape index (κ2) is 3.41. The van der Waals surface area contributed by atoms with Gasteiger partial charge < -0.3 is 9.47 Å². The average Bonchev–Trinajstić information content (AvgIpc) is 2.56. The Kier molecular flexibility index (Phi) is 2.26. The first-order valence-corrected chi connectivity index (χ1v) is 4.44. The number of alkyl halides is 1. The number of piperidine rings is 1. The van der Waals surface area contributed by atoms with E-state index in [4.69, 9.17) is 0 Å². The van der Waals surface area contributed by atoms with Gasteiger partial charge in [-0.05, 0) is 13.5 Å². The summed E-state index contributed by atoms with van der Waals surface area (Å²) in [4.78, 5) is 2.01.